The molecule has 1 rings (SSSR count). The van der Waals surface area contributed by atoms with Crippen LogP contribution in [0.3, 0.4) is 0 Å². The maximum atomic E-state index is 8.25. The Bertz CT molecular complexity index is 114. The van der Waals surface area contributed by atoms with Gasteiger partial charge in [0, 0.05) is 18.6 Å². The van der Waals surface area contributed by atoms with Crippen LogP contribution in [0.5, 0.6) is 0 Å². The summed E-state index contributed by atoms with van der Waals surface area (Å²) in [5.41, 5.74) is 0. The average molecular weight is 125 g/mol. The molecule has 0 atom stereocenters. The minimum Gasteiger partial charge on any atom is -0.554 e. The van der Waals surface area contributed by atoms with Crippen molar-refractivity contribution in [2.45, 2.75) is 0 Å². The van der Waals surface area contributed by atoms with Crippen molar-refractivity contribution in [1.29, 1.82) is 0 Å². The van der Waals surface area contributed by atoms with Crippen LogP contribution in [-0.2, 0) is 4.79 Å². The van der Waals surface area contributed by atoms with Gasteiger partial charge in [-0.25, -0.2) is 4.98 Å². The number of hydrogen-bond acceptors (Lipinski definition) is 2. The third-order valence-corrected chi connectivity index (χ3v) is 0.607. The highest BCUT2D eigenvalue weighted by Crippen LogP contribution is 1.68. The number of pyridine rings is 1. The summed E-state index contributed by atoms with van der Waals surface area (Å²) in [6, 6.07) is 5.86. The van der Waals surface area contributed by atoms with Crippen molar-refractivity contribution in [3.05, 3.63) is 30.6 Å². The van der Waals surface area contributed by atoms with Gasteiger partial charge in [-0.1, -0.05) is 6.07 Å². The molecule has 1 aromatic heterocycles. The molecule has 0 aromatic carbocycles. The van der Waals surface area contributed by atoms with Gasteiger partial charge >= 0.3 is 0 Å². The Morgan fingerprint density at radius 2 is 1.67 bits per heavy atom. The minimum atomic E-state index is -0.500. The number of carbonyl (C=O) groups excluding carboxylic acids is 1. The van der Waals surface area contributed by atoms with Gasteiger partial charge < -0.3 is 9.90 Å². The molecule has 0 unspecified atom stereocenters. The van der Waals surface area contributed by atoms with Gasteiger partial charge in [0.2, 0.25) is 0 Å². The summed E-state index contributed by atoms with van der Waals surface area (Å²) in [4.78, 5) is 11.1. The van der Waals surface area contributed by atoms with Gasteiger partial charge in [0.1, 0.15) is 0 Å². The fourth-order valence-electron chi connectivity index (χ4n) is 0.342. The van der Waals surface area contributed by atoms with Crippen LogP contribution < -0.4 is 10.1 Å². The van der Waals surface area contributed by atoms with Crippen LogP contribution in [-0.4, -0.2) is 6.47 Å². The molecule has 0 saturated heterocycles. The lowest BCUT2D eigenvalue weighted by molar-refractivity contribution is -0.377. The number of rotatable bonds is 0. The number of aromatic amines is 1. The number of nitrogens with one attached hydrogen (secondary N) is 1. The van der Waals surface area contributed by atoms with Crippen molar-refractivity contribution < 1.29 is 14.9 Å². The Morgan fingerprint density at radius 1 is 1.22 bits per heavy atom. The molecule has 0 fully saturated rings. The SMILES string of the molecule is O=C[O-].c1cc[nH+]cc1. The van der Waals surface area contributed by atoms with Gasteiger partial charge in [-0.2, -0.15) is 0 Å². The van der Waals surface area contributed by atoms with E-state index in [9.17, 15) is 0 Å². The molecule has 48 valence electrons. The lowest BCUT2D eigenvalue weighted by atomic mass is 10.5. The molecular weight excluding hydrogens is 118 g/mol. The Hall–Kier alpha value is -1.38. The van der Waals surface area contributed by atoms with E-state index in [-0.39, 0.29) is 0 Å². The van der Waals surface area contributed by atoms with Crippen LogP contribution in [0.4, 0.5) is 0 Å². The topological polar surface area (TPSA) is 54.3 Å². The highest BCUT2D eigenvalue weighted by Gasteiger charge is 1.65. The van der Waals surface area contributed by atoms with Crippen molar-refractivity contribution in [2.24, 2.45) is 0 Å². The number of hydrogen-bond donors (Lipinski definition) is 0. The second-order valence-electron chi connectivity index (χ2n) is 1.17. The first-order chi connectivity index (χ1) is 4.41. The lowest BCUT2D eigenvalue weighted by Crippen LogP contribution is -2.01. The molecule has 0 aliphatic rings. The highest BCUT2D eigenvalue weighted by molar-refractivity contribution is 5.29. The molecule has 0 aliphatic heterocycles. The van der Waals surface area contributed by atoms with Gasteiger partial charge in [0.05, 0.1) is 0 Å². The van der Waals surface area contributed by atoms with Crippen molar-refractivity contribution >= 4 is 6.47 Å². The molecule has 1 N–H and O–H groups in total. The number of carboxylic acid groups (broad SMARTS) is 1. The highest BCUT2D eigenvalue weighted by atomic mass is 16.3. The third kappa shape index (κ3) is 6.62. The van der Waals surface area contributed by atoms with Crippen molar-refractivity contribution in [3.63, 3.8) is 0 Å². The third-order valence-electron chi connectivity index (χ3n) is 0.607. The van der Waals surface area contributed by atoms with Crippen LogP contribution in [0.15, 0.2) is 30.6 Å². The molecule has 0 aliphatic carbocycles. The second-order valence-corrected chi connectivity index (χ2v) is 1.17. The smallest absolute Gasteiger partial charge is 0.166 e. The summed E-state index contributed by atoms with van der Waals surface area (Å²) in [5, 5.41) is 8.25. The Labute approximate surface area is 53.0 Å². The molecule has 0 saturated carbocycles. The Kier molecular flexibility index (Phi) is 5.60. The predicted molar refractivity (Wildman–Crippen MR) is 29.1 cm³/mol. The minimum absolute atomic E-state index is 0.500. The van der Waals surface area contributed by atoms with Crippen LogP contribution in [0.1, 0.15) is 0 Å². The summed E-state index contributed by atoms with van der Waals surface area (Å²) in [7, 11) is 0. The quantitative estimate of drug-likeness (QED) is 0.412. The van der Waals surface area contributed by atoms with Crippen molar-refractivity contribution in [3.8, 4) is 0 Å². The molecule has 0 radical (unpaired) electrons. The maximum absolute atomic E-state index is 8.25. The zero-order valence-corrected chi connectivity index (χ0v) is 4.78. The summed E-state index contributed by atoms with van der Waals surface area (Å²) in [6.45, 7) is -0.500. The average Bonchev–Trinajstić information content (AvgIpc) is 1.93. The van der Waals surface area contributed by atoms with Gasteiger partial charge in [-0.05, 0) is 0 Å². The van der Waals surface area contributed by atoms with E-state index >= 15 is 0 Å². The van der Waals surface area contributed by atoms with E-state index in [1.165, 1.54) is 0 Å². The predicted octanol–water partition coefficient (Wildman–Crippen LogP) is -1.13. The second kappa shape index (κ2) is 6.62. The van der Waals surface area contributed by atoms with Gasteiger partial charge in [0.15, 0.2) is 12.4 Å². The van der Waals surface area contributed by atoms with E-state index in [1.54, 1.807) is 0 Å². The Morgan fingerprint density at radius 3 is 1.78 bits per heavy atom. The molecule has 3 nitrogen and oxygen atoms in total. The van der Waals surface area contributed by atoms with E-state index in [0.29, 0.717) is 0 Å². The Balaban J connectivity index is 0.000000187. The number of H-pyrrole nitrogens is 1. The zero-order valence-electron chi connectivity index (χ0n) is 4.78. The number of aromatic nitrogens is 1. The first-order valence-corrected chi connectivity index (χ1v) is 2.38. The summed E-state index contributed by atoms with van der Waals surface area (Å²) in [6.07, 6.45) is 3.75. The fourth-order valence-corrected chi connectivity index (χ4v) is 0.342. The van der Waals surface area contributed by atoms with E-state index in [4.69, 9.17) is 9.90 Å². The van der Waals surface area contributed by atoms with Crippen molar-refractivity contribution in [2.75, 3.05) is 0 Å². The van der Waals surface area contributed by atoms with Crippen molar-refractivity contribution in [1.82, 2.24) is 0 Å². The summed E-state index contributed by atoms with van der Waals surface area (Å²) in [5.74, 6) is 0. The molecular formula is C6H7NO2. The summed E-state index contributed by atoms with van der Waals surface area (Å²) < 4.78 is 0. The molecule has 1 heterocycles. The monoisotopic (exact) mass is 125 g/mol. The van der Waals surface area contributed by atoms with E-state index in [1.807, 2.05) is 30.6 Å². The molecule has 0 spiro atoms. The zero-order chi connectivity index (χ0) is 6.95. The summed E-state index contributed by atoms with van der Waals surface area (Å²) >= 11 is 0. The van der Waals surface area contributed by atoms with E-state index in [2.05, 4.69) is 4.98 Å². The van der Waals surface area contributed by atoms with Gasteiger partial charge in [-0.3, -0.25) is 0 Å². The first-order valence-electron chi connectivity index (χ1n) is 2.38. The van der Waals surface area contributed by atoms with Crippen LogP contribution in [0, 0.1) is 0 Å². The molecule has 3 heteroatoms. The van der Waals surface area contributed by atoms with Gasteiger partial charge in [0.25, 0.3) is 0 Å². The molecule has 1 aromatic rings. The number of carbonyl (C=O) groups is 1. The molecule has 0 amide bonds. The standard InChI is InChI=1S/C5H5N.CH2O2/c1-2-4-6-5-3-1;2-1-3/h1-5H;1H,(H,2,3). The normalized spacial score (nSPS) is 6.67. The molecule has 9 heavy (non-hydrogen) atoms. The largest absolute Gasteiger partial charge is 0.554 e. The first kappa shape index (κ1) is 7.62. The lowest BCUT2D eigenvalue weighted by Gasteiger charge is -1.63. The van der Waals surface area contributed by atoms with E-state index in [0.717, 1.165) is 0 Å². The van der Waals surface area contributed by atoms with Crippen LogP contribution in [0.25, 0.3) is 0 Å². The van der Waals surface area contributed by atoms with Gasteiger partial charge in [-0.15, -0.1) is 0 Å². The fraction of sp³-hybridized carbons (Fsp3) is 0. The molecule has 0 bridgehead atoms. The van der Waals surface area contributed by atoms with Crippen LogP contribution in [0.2, 0.25) is 0 Å². The van der Waals surface area contributed by atoms with E-state index < -0.39 is 6.47 Å². The van der Waals surface area contributed by atoms with Crippen LogP contribution >= 0.6 is 0 Å². The maximum Gasteiger partial charge on any atom is 0.166 e.